The Balaban J connectivity index is 1.67. The van der Waals surface area contributed by atoms with Crippen molar-refractivity contribution in [2.45, 2.75) is 64.7 Å². The number of aryl methyl sites for hydroxylation is 1. The Morgan fingerprint density at radius 2 is 1.47 bits per heavy atom. The first-order valence-corrected chi connectivity index (χ1v) is 11.8. The molecule has 34 heavy (non-hydrogen) atoms. The molecule has 0 aromatic heterocycles. The quantitative estimate of drug-likeness (QED) is 0.337. The van der Waals surface area contributed by atoms with Crippen LogP contribution in [0.2, 0.25) is 0 Å². The predicted molar refractivity (Wildman–Crippen MR) is 134 cm³/mol. The second kappa shape index (κ2) is 8.75. The monoisotopic (exact) mass is 456 g/mol. The molecule has 0 amide bonds. The van der Waals surface area contributed by atoms with Gasteiger partial charge in [-0.3, -0.25) is 0 Å². The van der Waals surface area contributed by atoms with Gasteiger partial charge in [0.05, 0.1) is 11.1 Å². The maximum Gasteiger partial charge on any atom is 0.343 e. The summed E-state index contributed by atoms with van der Waals surface area (Å²) in [6, 6.07) is 18.5. The second-order valence-corrected chi connectivity index (χ2v) is 10.7. The minimum absolute atomic E-state index is 0.0143. The summed E-state index contributed by atoms with van der Waals surface area (Å²) in [5, 5.41) is 9.63. The summed E-state index contributed by atoms with van der Waals surface area (Å²) < 4.78 is 5.77. The third-order valence-corrected chi connectivity index (χ3v) is 7.17. The lowest BCUT2D eigenvalue weighted by Crippen LogP contribution is -2.34. The third-order valence-electron chi connectivity index (χ3n) is 7.17. The van der Waals surface area contributed by atoms with E-state index in [1.165, 1.54) is 17.2 Å². The van der Waals surface area contributed by atoms with Crippen LogP contribution in [0.25, 0.3) is 0 Å². The van der Waals surface area contributed by atoms with Crippen LogP contribution in [-0.4, -0.2) is 17.0 Å². The highest BCUT2D eigenvalue weighted by atomic mass is 16.5. The Morgan fingerprint density at radius 3 is 2.09 bits per heavy atom. The first-order chi connectivity index (χ1) is 16.0. The molecule has 0 radical (unpaired) electrons. The van der Waals surface area contributed by atoms with Crippen LogP contribution in [-0.2, 0) is 17.3 Å². The highest BCUT2D eigenvalue weighted by Gasteiger charge is 2.38. The first-order valence-electron chi connectivity index (χ1n) is 11.8. The van der Waals surface area contributed by atoms with E-state index in [2.05, 4.69) is 33.8 Å². The van der Waals surface area contributed by atoms with E-state index in [1.807, 2.05) is 43.3 Å². The molecular formula is C30H32O4. The van der Waals surface area contributed by atoms with E-state index < -0.39 is 11.9 Å². The van der Waals surface area contributed by atoms with Gasteiger partial charge in [0.1, 0.15) is 5.75 Å². The molecule has 4 rings (SSSR count). The first kappa shape index (κ1) is 23.7. The number of benzene rings is 3. The Hall–Kier alpha value is -3.40. The summed E-state index contributed by atoms with van der Waals surface area (Å²) in [7, 11) is 0. The fraction of sp³-hybridized carbons (Fsp3) is 0.333. The van der Waals surface area contributed by atoms with E-state index in [4.69, 9.17) is 4.74 Å². The molecule has 0 saturated carbocycles. The summed E-state index contributed by atoms with van der Waals surface area (Å²) in [5.74, 6) is -1.08. The number of rotatable bonds is 5. The van der Waals surface area contributed by atoms with Gasteiger partial charge in [-0.1, -0.05) is 64.1 Å². The zero-order valence-corrected chi connectivity index (χ0v) is 20.6. The van der Waals surface area contributed by atoms with Crippen LogP contribution >= 0.6 is 0 Å². The van der Waals surface area contributed by atoms with Crippen LogP contribution in [0, 0.1) is 6.92 Å². The SMILES string of the molecule is Cc1cc2c(cc1C(=O)Oc1ccc(C(=O)O)c(Cc3ccccc3)c1)C(C)(C)CCC2(C)C. The van der Waals surface area contributed by atoms with E-state index in [0.717, 1.165) is 24.0 Å². The number of aromatic carboxylic acids is 1. The number of ether oxygens (including phenoxy) is 1. The normalized spacial score (nSPS) is 15.9. The predicted octanol–water partition coefficient (Wildman–Crippen LogP) is 6.85. The second-order valence-electron chi connectivity index (χ2n) is 10.7. The summed E-state index contributed by atoms with van der Waals surface area (Å²) in [5.41, 5.74) is 5.80. The molecule has 0 heterocycles. The molecule has 1 aliphatic carbocycles. The van der Waals surface area contributed by atoms with Gasteiger partial charge in [-0.15, -0.1) is 0 Å². The molecule has 4 heteroatoms. The summed E-state index contributed by atoms with van der Waals surface area (Å²) in [6.07, 6.45) is 2.61. The Kier molecular flexibility index (Phi) is 6.11. The van der Waals surface area contributed by atoms with Gasteiger partial charge in [-0.2, -0.15) is 0 Å². The average molecular weight is 457 g/mol. The largest absolute Gasteiger partial charge is 0.478 e. The van der Waals surface area contributed by atoms with Gasteiger partial charge in [0.25, 0.3) is 0 Å². The molecule has 0 aliphatic heterocycles. The van der Waals surface area contributed by atoms with E-state index in [1.54, 1.807) is 12.1 Å². The van der Waals surface area contributed by atoms with Crippen molar-refractivity contribution in [2.75, 3.05) is 0 Å². The lowest BCUT2D eigenvalue weighted by atomic mass is 9.62. The van der Waals surface area contributed by atoms with Crippen LogP contribution in [0.15, 0.2) is 60.7 Å². The van der Waals surface area contributed by atoms with E-state index in [0.29, 0.717) is 23.3 Å². The molecule has 0 fully saturated rings. The maximum atomic E-state index is 13.2. The Labute approximate surface area is 201 Å². The zero-order chi connectivity index (χ0) is 24.7. The summed E-state index contributed by atoms with van der Waals surface area (Å²) >= 11 is 0. The van der Waals surface area contributed by atoms with Crippen molar-refractivity contribution in [1.29, 1.82) is 0 Å². The van der Waals surface area contributed by atoms with Crippen molar-refractivity contribution in [2.24, 2.45) is 0 Å². The highest BCUT2D eigenvalue weighted by Crippen LogP contribution is 2.46. The molecule has 1 N–H and O–H groups in total. The van der Waals surface area contributed by atoms with E-state index >= 15 is 0 Å². The number of carboxylic acids is 1. The molecule has 3 aromatic carbocycles. The number of hydrogen-bond donors (Lipinski definition) is 1. The van der Waals surface area contributed by atoms with Gasteiger partial charge in [0.2, 0.25) is 0 Å². The number of esters is 1. The number of carbonyl (C=O) groups is 2. The molecule has 0 unspecified atom stereocenters. The third kappa shape index (κ3) is 4.63. The zero-order valence-electron chi connectivity index (χ0n) is 20.6. The Morgan fingerprint density at radius 1 is 0.853 bits per heavy atom. The van der Waals surface area contributed by atoms with Gasteiger partial charge in [-0.25, -0.2) is 9.59 Å². The number of carbonyl (C=O) groups excluding carboxylic acids is 1. The fourth-order valence-corrected chi connectivity index (χ4v) is 4.91. The van der Waals surface area contributed by atoms with E-state index in [-0.39, 0.29) is 16.4 Å². The molecule has 4 nitrogen and oxygen atoms in total. The van der Waals surface area contributed by atoms with Crippen molar-refractivity contribution < 1.29 is 19.4 Å². The number of fused-ring (bicyclic) bond motifs is 1. The van der Waals surface area contributed by atoms with Gasteiger partial charge in [-0.05, 0) is 89.1 Å². The van der Waals surface area contributed by atoms with Crippen molar-refractivity contribution in [1.82, 2.24) is 0 Å². The van der Waals surface area contributed by atoms with Gasteiger partial charge < -0.3 is 9.84 Å². The van der Waals surface area contributed by atoms with Crippen LogP contribution in [0.4, 0.5) is 0 Å². The fourth-order valence-electron chi connectivity index (χ4n) is 4.91. The summed E-state index contributed by atoms with van der Waals surface area (Å²) in [4.78, 5) is 25.0. The smallest absolute Gasteiger partial charge is 0.343 e. The molecule has 0 spiro atoms. The van der Waals surface area contributed by atoms with Crippen LogP contribution in [0.3, 0.4) is 0 Å². The van der Waals surface area contributed by atoms with Gasteiger partial charge in [0, 0.05) is 0 Å². The van der Waals surface area contributed by atoms with Crippen LogP contribution < -0.4 is 4.74 Å². The molecule has 0 bridgehead atoms. The van der Waals surface area contributed by atoms with Crippen molar-refractivity contribution in [3.05, 3.63) is 99.6 Å². The molecular weight excluding hydrogens is 424 g/mol. The van der Waals surface area contributed by atoms with Crippen LogP contribution in [0.5, 0.6) is 5.75 Å². The maximum absolute atomic E-state index is 13.2. The topological polar surface area (TPSA) is 63.6 Å². The molecule has 1 aliphatic rings. The van der Waals surface area contributed by atoms with E-state index in [9.17, 15) is 14.7 Å². The van der Waals surface area contributed by atoms with Crippen LogP contribution in [0.1, 0.15) is 89.1 Å². The molecule has 0 atom stereocenters. The van der Waals surface area contributed by atoms with Gasteiger partial charge in [0.15, 0.2) is 0 Å². The molecule has 3 aromatic rings. The number of hydrogen-bond acceptors (Lipinski definition) is 3. The highest BCUT2D eigenvalue weighted by molar-refractivity contribution is 5.94. The lowest BCUT2D eigenvalue weighted by molar-refractivity contribution is 0.0695. The Bertz CT molecular complexity index is 1250. The summed E-state index contributed by atoms with van der Waals surface area (Å²) in [6.45, 7) is 10.9. The lowest BCUT2D eigenvalue weighted by Gasteiger charge is -2.42. The van der Waals surface area contributed by atoms with Crippen molar-refractivity contribution in [3.63, 3.8) is 0 Å². The van der Waals surface area contributed by atoms with Crippen molar-refractivity contribution >= 4 is 11.9 Å². The molecule has 176 valence electrons. The average Bonchev–Trinajstić information content (AvgIpc) is 2.77. The standard InChI is InChI=1S/C30H32O4/c1-19-15-25-26(30(4,5)14-13-29(25,2)3)18-24(19)28(33)34-22-11-12-23(27(31)32)21(17-22)16-20-9-7-6-8-10-20/h6-12,15,17-18H,13-14,16H2,1-5H3,(H,31,32). The molecule has 0 saturated heterocycles. The minimum atomic E-state index is -1.00. The van der Waals surface area contributed by atoms with Gasteiger partial charge >= 0.3 is 11.9 Å². The van der Waals surface area contributed by atoms with Crippen molar-refractivity contribution in [3.8, 4) is 5.75 Å². The number of carboxylic acid groups (broad SMARTS) is 1. The minimum Gasteiger partial charge on any atom is -0.478 e.